The van der Waals surface area contributed by atoms with E-state index in [2.05, 4.69) is 31.4 Å². The second-order valence-electron chi connectivity index (χ2n) is 10.5. The fourth-order valence-electron chi connectivity index (χ4n) is 4.23. The van der Waals surface area contributed by atoms with Gasteiger partial charge in [-0.3, -0.25) is 14.9 Å². The lowest BCUT2D eigenvalue weighted by atomic mass is 9.94. The van der Waals surface area contributed by atoms with Gasteiger partial charge in [0.15, 0.2) is 0 Å². The van der Waals surface area contributed by atoms with Gasteiger partial charge in [-0.1, -0.05) is 62.2 Å². The predicted molar refractivity (Wildman–Crippen MR) is 161 cm³/mol. The van der Waals surface area contributed by atoms with Crippen LogP contribution in [0.2, 0.25) is 10.0 Å². The van der Waals surface area contributed by atoms with E-state index in [-0.39, 0.29) is 28.7 Å². The number of hydrogen-bond acceptors (Lipinski definition) is 5. The van der Waals surface area contributed by atoms with E-state index in [0.717, 1.165) is 16.2 Å². The zero-order chi connectivity index (χ0) is 29.0. The number of carbonyl (C=O) groups excluding carboxylic acids is 3. The molecule has 11 heteroatoms. The molecule has 212 valence electrons. The van der Waals surface area contributed by atoms with Gasteiger partial charge in [0.05, 0.1) is 34.8 Å². The summed E-state index contributed by atoms with van der Waals surface area (Å²) in [5, 5.41) is 6.53. The van der Waals surface area contributed by atoms with Gasteiger partial charge in [-0.2, -0.15) is 0 Å². The summed E-state index contributed by atoms with van der Waals surface area (Å²) in [4.78, 5) is 43.8. The van der Waals surface area contributed by atoms with Crippen molar-refractivity contribution in [3.63, 3.8) is 0 Å². The van der Waals surface area contributed by atoms with Crippen LogP contribution in [0.25, 0.3) is 0 Å². The summed E-state index contributed by atoms with van der Waals surface area (Å²) in [6, 6.07) is 13.7. The molecule has 4 amide bonds. The van der Waals surface area contributed by atoms with Gasteiger partial charge in [-0.15, -0.1) is 11.3 Å². The topological polar surface area (TPSA) is 91.0 Å². The van der Waals surface area contributed by atoms with E-state index >= 15 is 0 Å². The van der Waals surface area contributed by atoms with Crippen molar-refractivity contribution in [3.05, 3.63) is 74.6 Å². The molecule has 0 saturated carbocycles. The quantitative estimate of drug-likeness (QED) is 0.335. The third kappa shape index (κ3) is 7.08. The number of amides is 4. The highest BCUT2D eigenvalue weighted by Gasteiger charge is 2.30. The van der Waals surface area contributed by atoms with Crippen LogP contribution in [0.5, 0.6) is 5.75 Å². The summed E-state index contributed by atoms with van der Waals surface area (Å²) < 4.78 is 5.18. The number of piperazine rings is 1. The Morgan fingerprint density at radius 2 is 1.60 bits per heavy atom. The zero-order valence-corrected chi connectivity index (χ0v) is 25.2. The van der Waals surface area contributed by atoms with Gasteiger partial charge >= 0.3 is 6.03 Å². The number of rotatable bonds is 6. The van der Waals surface area contributed by atoms with Crippen LogP contribution in [0.3, 0.4) is 0 Å². The van der Waals surface area contributed by atoms with Crippen LogP contribution in [0.1, 0.15) is 41.6 Å². The minimum absolute atomic E-state index is 0.0153. The number of halogens is 2. The van der Waals surface area contributed by atoms with E-state index in [9.17, 15) is 14.4 Å². The molecule has 0 bridgehead atoms. The number of carbonyl (C=O) groups is 3. The Morgan fingerprint density at radius 3 is 2.23 bits per heavy atom. The molecule has 3 aromatic rings. The Morgan fingerprint density at radius 1 is 0.950 bits per heavy atom. The molecule has 1 saturated heterocycles. The lowest BCUT2D eigenvalue weighted by Crippen LogP contribution is -2.51. The van der Waals surface area contributed by atoms with Crippen molar-refractivity contribution in [1.82, 2.24) is 9.80 Å². The van der Waals surface area contributed by atoms with Crippen LogP contribution >= 0.6 is 34.5 Å². The molecule has 8 nitrogen and oxygen atoms in total. The third-order valence-electron chi connectivity index (χ3n) is 6.56. The van der Waals surface area contributed by atoms with Crippen LogP contribution in [0.4, 0.5) is 15.5 Å². The molecule has 1 aliphatic heterocycles. The number of nitrogens with one attached hydrogen (secondary N) is 2. The number of benzene rings is 2. The van der Waals surface area contributed by atoms with Crippen LogP contribution < -0.4 is 15.4 Å². The number of nitrogens with zero attached hydrogens (tertiary/aromatic N) is 2. The molecule has 40 heavy (non-hydrogen) atoms. The molecule has 1 aliphatic rings. The van der Waals surface area contributed by atoms with E-state index < -0.39 is 6.03 Å². The molecule has 0 radical (unpaired) electrons. The third-order valence-corrected chi connectivity index (χ3v) is 8.86. The average Bonchev–Trinajstić information content (AvgIpc) is 3.35. The van der Waals surface area contributed by atoms with E-state index in [0.29, 0.717) is 47.5 Å². The summed E-state index contributed by atoms with van der Waals surface area (Å²) >= 11 is 13.6. The molecule has 0 unspecified atom stereocenters. The molecule has 2 heterocycles. The van der Waals surface area contributed by atoms with Crippen LogP contribution in [0.15, 0.2) is 48.5 Å². The fourth-order valence-corrected chi connectivity index (χ4v) is 5.68. The molecule has 1 fully saturated rings. The van der Waals surface area contributed by atoms with Crippen molar-refractivity contribution in [2.75, 3.05) is 43.9 Å². The normalized spacial score (nSPS) is 13.7. The number of urea groups is 1. The Hall–Kier alpha value is -3.27. The number of thiophene rings is 1. The zero-order valence-electron chi connectivity index (χ0n) is 22.8. The molecule has 1 aromatic heterocycles. The van der Waals surface area contributed by atoms with Crippen LogP contribution in [0, 0.1) is 0 Å². The number of ether oxygens (including phenoxy) is 1. The smallest absolute Gasteiger partial charge is 0.324 e. The lowest BCUT2D eigenvalue weighted by Gasteiger charge is -2.35. The predicted octanol–water partition coefficient (Wildman–Crippen LogP) is 6.53. The molecule has 0 aliphatic carbocycles. The van der Waals surface area contributed by atoms with E-state index in [4.69, 9.17) is 27.9 Å². The number of anilines is 2. The van der Waals surface area contributed by atoms with Crippen molar-refractivity contribution in [3.8, 4) is 5.75 Å². The van der Waals surface area contributed by atoms with E-state index in [1.54, 1.807) is 35.1 Å². The minimum Gasteiger partial charge on any atom is -0.497 e. The first-order valence-electron chi connectivity index (χ1n) is 12.8. The van der Waals surface area contributed by atoms with Crippen LogP contribution in [-0.2, 0) is 16.6 Å². The molecular weight excluding hydrogens is 571 g/mol. The maximum absolute atomic E-state index is 13.6. The number of hydrogen-bond donors (Lipinski definition) is 2. The van der Waals surface area contributed by atoms with Gasteiger partial charge in [-0.25, -0.2) is 4.79 Å². The van der Waals surface area contributed by atoms with E-state index in [1.807, 2.05) is 30.3 Å². The Labute approximate surface area is 248 Å². The summed E-state index contributed by atoms with van der Waals surface area (Å²) in [6.45, 7) is 7.83. The van der Waals surface area contributed by atoms with Gasteiger partial charge in [0, 0.05) is 31.1 Å². The Bertz CT molecular complexity index is 1390. The highest BCUT2D eigenvalue weighted by molar-refractivity contribution is 7.16. The van der Waals surface area contributed by atoms with Gasteiger partial charge in [-0.05, 0) is 41.3 Å². The second kappa shape index (κ2) is 12.5. The van der Waals surface area contributed by atoms with Crippen molar-refractivity contribution >= 4 is 63.1 Å². The number of methoxy groups -OCH3 is 1. The summed E-state index contributed by atoms with van der Waals surface area (Å²) in [7, 11) is 1.60. The van der Waals surface area contributed by atoms with E-state index in [1.165, 1.54) is 11.3 Å². The SMILES string of the molecule is COc1ccc(CC(=O)N2CCN(C(=O)c3cc(C(C)(C)C)sc3NC(=O)Nc3cccc(Cl)c3Cl)CC2)cc1. The molecule has 2 N–H and O–H groups in total. The standard InChI is InChI=1S/C29H32Cl2N4O4S/c1-29(2,3)23-17-20(26(40-23)33-28(38)32-22-7-5-6-21(30)25(22)31)27(37)35-14-12-34(13-15-35)24(36)16-18-8-10-19(39-4)11-9-18/h5-11,17H,12-16H2,1-4H3,(H2,32,33,38). The van der Waals surface area contributed by atoms with Gasteiger partial charge in [0.1, 0.15) is 10.8 Å². The summed E-state index contributed by atoms with van der Waals surface area (Å²) in [5.74, 6) is 0.567. The van der Waals surface area contributed by atoms with Crippen molar-refractivity contribution in [2.24, 2.45) is 0 Å². The highest BCUT2D eigenvalue weighted by Crippen LogP contribution is 2.37. The van der Waals surface area contributed by atoms with Gasteiger partial charge in [0.25, 0.3) is 5.91 Å². The van der Waals surface area contributed by atoms with Gasteiger partial charge < -0.3 is 19.9 Å². The van der Waals surface area contributed by atoms with Crippen LogP contribution in [-0.4, -0.2) is 60.9 Å². The molecule has 2 aromatic carbocycles. The Balaban J connectivity index is 1.43. The first-order chi connectivity index (χ1) is 19.0. The van der Waals surface area contributed by atoms with Crippen molar-refractivity contribution < 1.29 is 19.1 Å². The molecule has 4 rings (SSSR count). The largest absolute Gasteiger partial charge is 0.497 e. The molecule has 0 atom stereocenters. The minimum atomic E-state index is -0.533. The summed E-state index contributed by atoms with van der Waals surface area (Å²) in [6.07, 6.45) is 0.289. The lowest BCUT2D eigenvalue weighted by molar-refractivity contribution is -0.131. The maximum atomic E-state index is 13.6. The van der Waals surface area contributed by atoms with Crippen molar-refractivity contribution in [2.45, 2.75) is 32.6 Å². The molecule has 0 spiro atoms. The fraction of sp³-hybridized carbons (Fsp3) is 0.345. The monoisotopic (exact) mass is 602 g/mol. The second-order valence-corrected chi connectivity index (χ2v) is 12.3. The first-order valence-corrected chi connectivity index (χ1v) is 14.4. The van der Waals surface area contributed by atoms with Gasteiger partial charge in [0.2, 0.25) is 5.91 Å². The van der Waals surface area contributed by atoms with Crippen molar-refractivity contribution in [1.29, 1.82) is 0 Å². The molecular formula is C29H32Cl2N4O4S. The summed E-state index contributed by atoms with van der Waals surface area (Å²) in [5.41, 5.74) is 1.46. The Kier molecular flexibility index (Phi) is 9.28. The average molecular weight is 604 g/mol. The first kappa shape index (κ1) is 29.7. The maximum Gasteiger partial charge on any atom is 0.324 e. The highest BCUT2D eigenvalue weighted by atomic mass is 35.5.